The number of aromatic nitrogens is 2. The van der Waals surface area contributed by atoms with E-state index in [0.29, 0.717) is 17.4 Å². The zero-order valence-electron chi connectivity index (χ0n) is 11.6. The van der Waals surface area contributed by atoms with E-state index in [1.165, 1.54) is 6.07 Å². The Kier molecular flexibility index (Phi) is 3.31. The fourth-order valence-corrected chi connectivity index (χ4v) is 1.95. The van der Waals surface area contributed by atoms with Crippen molar-refractivity contribution in [2.75, 3.05) is 12.2 Å². The van der Waals surface area contributed by atoms with Crippen molar-refractivity contribution in [2.45, 2.75) is 13.8 Å². The van der Waals surface area contributed by atoms with Crippen molar-refractivity contribution in [2.24, 2.45) is 5.10 Å². The molecule has 0 spiro atoms. The van der Waals surface area contributed by atoms with E-state index in [0.717, 1.165) is 17.0 Å². The van der Waals surface area contributed by atoms with Gasteiger partial charge in [-0.05, 0) is 32.0 Å². The maximum absolute atomic E-state index is 11.3. The van der Waals surface area contributed by atoms with Crippen molar-refractivity contribution in [3.8, 4) is 11.5 Å². The maximum atomic E-state index is 11.3. The number of nitrogens with one attached hydrogen (secondary N) is 2. The Hall–Kier alpha value is -2.83. The molecule has 0 radical (unpaired) electrons. The van der Waals surface area contributed by atoms with E-state index in [2.05, 4.69) is 20.5 Å². The largest absolute Gasteiger partial charge is 0.454 e. The zero-order valence-corrected chi connectivity index (χ0v) is 11.6. The van der Waals surface area contributed by atoms with Gasteiger partial charge in [-0.25, -0.2) is 10.4 Å². The summed E-state index contributed by atoms with van der Waals surface area (Å²) in [6.07, 6.45) is 0. The second-order valence-corrected chi connectivity index (χ2v) is 4.61. The lowest BCUT2D eigenvalue weighted by molar-refractivity contribution is 0.174. The van der Waals surface area contributed by atoms with Crippen LogP contribution >= 0.6 is 0 Å². The molecule has 1 aliphatic rings. The standard InChI is InChI=1S/C14H14N4O3/c1-8-5-13(19)16-14(15-8)18-17-9(2)10-3-4-11-12(6-10)21-7-20-11/h3-6H,7H2,1-2H3,(H2,15,16,18,19)/b17-9+. The van der Waals surface area contributed by atoms with E-state index in [-0.39, 0.29) is 12.4 Å². The smallest absolute Gasteiger partial charge is 0.252 e. The summed E-state index contributed by atoms with van der Waals surface area (Å²) >= 11 is 0. The van der Waals surface area contributed by atoms with E-state index >= 15 is 0 Å². The third-order valence-electron chi connectivity index (χ3n) is 2.99. The van der Waals surface area contributed by atoms with E-state index in [1.807, 2.05) is 25.1 Å². The molecule has 2 heterocycles. The summed E-state index contributed by atoms with van der Waals surface area (Å²) in [6, 6.07) is 7.00. The molecular weight excluding hydrogens is 272 g/mol. The van der Waals surface area contributed by atoms with Gasteiger partial charge in [0.15, 0.2) is 11.5 Å². The van der Waals surface area contributed by atoms with Crippen molar-refractivity contribution in [3.63, 3.8) is 0 Å². The van der Waals surface area contributed by atoms with Crippen molar-refractivity contribution >= 4 is 11.7 Å². The lowest BCUT2D eigenvalue weighted by Crippen LogP contribution is -2.11. The van der Waals surface area contributed by atoms with Crippen molar-refractivity contribution < 1.29 is 9.47 Å². The van der Waals surface area contributed by atoms with Gasteiger partial charge < -0.3 is 9.47 Å². The molecule has 3 rings (SSSR count). The molecule has 0 amide bonds. The van der Waals surface area contributed by atoms with Crippen molar-refractivity contribution in [1.29, 1.82) is 0 Å². The molecule has 1 aliphatic heterocycles. The summed E-state index contributed by atoms with van der Waals surface area (Å²) in [5, 5.41) is 4.21. The highest BCUT2D eigenvalue weighted by Crippen LogP contribution is 2.32. The molecule has 1 aromatic heterocycles. The number of hydrogen-bond acceptors (Lipinski definition) is 6. The number of H-pyrrole nitrogens is 1. The third-order valence-corrected chi connectivity index (χ3v) is 2.99. The molecule has 108 valence electrons. The minimum atomic E-state index is -0.221. The molecule has 0 saturated heterocycles. The van der Waals surface area contributed by atoms with E-state index in [1.54, 1.807) is 6.92 Å². The molecule has 2 N–H and O–H groups in total. The predicted octanol–water partition coefficient (Wildman–Crippen LogP) is 1.64. The maximum Gasteiger partial charge on any atom is 0.252 e. The summed E-state index contributed by atoms with van der Waals surface area (Å²) in [4.78, 5) is 18.0. The highest BCUT2D eigenvalue weighted by Gasteiger charge is 2.14. The minimum absolute atomic E-state index is 0.221. The van der Waals surface area contributed by atoms with Crippen LogP contribution in [0, 0.1) is 6.92 Å². The molecule has 0 aliphatic carbocycles. The number of fused-ring (bicyclic) bond motifs is 1. The molecule has 0 bridgehead atoms. The van der Waals surface area contributed by atoms with Crippen LogP contribution in [-0.2, 0) is 0 Å². The second kappa shape index (κ2) is 5.28. The lowest BCUT2D eigenvalue weighted by Gasteiger charge is -2.04. The van der Waals surface area contributed by atoms with Crippen LogP contribution in [0.15, 0.2) is 34.2 Å². The van der Waals surface area contributed by atoms with Crippen LogP contribution in [0.25, 0.3) is 0 Å². The molecule has 0 fully saturated rings. The molecule has 1 aromatic carbocycles. The Balaban J connectivity index is 1.81. The first-order chi connectivity index (χ1) is 10.1. The number of aryl methyl sites for hydroxylation is 1. The minimum Gasteiger partial charge on any atom is -0.454 e. The molecule has 0 atom stereocenters. The van der Waals surface area contributed by atoms with Gasteiger partial charge in [0.05, 0.1) is 5.71 Å². The van der Waals surface area contributed by atoms with Crippen LogP contribution in [0.4, 0.5) is 5.95 Å². The summed E-state index contributed by atoms with van der Waals surface area (Å²) in [5.74, 6) is 1.73. The molecule has 7 heteroatoms. The average molecular weight is 286 g/mol. The fraction of sp³-hybridized carbons (Fsp3) is 0.214. The third kappa shape index (κ3) is 2.86. The predicted molar refractivity (Wildman–Crippen MR) is 78.0 cm³/mol. The quantitative estimate of drug-likeness (QED) is 0.661. The van der Waals surface area contributed by atoms with Gasteiger partial charge in [0.1, 0.15) is 0 Å². The first kappa shape index (κ1) is 13.2. The molecule has 21 heavy (non-hydrogen) atoms. The van der Waals surface area contributed by atoms with Crippen LogP contribution in [0.3, 0.4) is 0 Å². The van der Waals surface area contributed by atoms with E-state index in [4.69, 9.17) is 9.47 Å². The Morgan fingerprint density at radius 2 is 2.14 bits per heavy atom. The van der Waals surface area contributed by atoms with E-state index in [9.17, 15) is 4.79 Å². The number of benzene rings is 1. The summed E-state index contributed by atoms with van der Waals surface area (Å²) < 4.78 is 10.6. The monoisotopic (exact) mass is 286 g/mol. The number of aromatic amines is 1. The van der Waals surface area contributed by atoms with Crippen molar-refractivity contribution in [3.05, 3.63) is 45.9 Å². The molecular formula is C14H14N4O3. The normalized spacial score (nSPS) is 13.3. The van der Waals surface area contributed by atoms with Crippen LogP contribution in [0.5, 0.6) is 11.5 Å². The van der Waals surface area contributed by atoms with Gasteiger partial charge in [0, 0.05) is 17.3 Å². The molecule has 2 aromatic rings. The van der Waals surface area contributed by atoms with Gasteiger partial charge in [-0.3, -0.25) is 9.78 Å². The lowest BCUT2D eigenvalue weighted by atomic mass is 10.1. The first-order valence-corrected chi connectivity index (χ1v) is 6.40. The first-order valence-electron chi connectivity index (χ1n) is 6.40. The topological polar surface area (TPSA) is 88.6 Å². The number of anilines is 1. The Morgan fingerprint density at radius 3 is 2.95 bits per heavy atom. The second-order valence-electron chi connectivity index (χ2n) is 4.61. The summed E-state index contributed by atoms with van der Waals surface area (Å²) in [5.41, 5.74) is 4.77. The van der Waals surface area contributed by atoms with Crippen LogP contribution in [-0.4, -0.2) is 22.5 Å². The number of nitrogens with zero attached hydrogens (tertiary/aromatic N) is 2. The average Bonchev–Trinajstić information content (AvgIpc) is 2.91. The van der Waals surface area contributed by atoms with Crippen LogP contribution in [0.2, 0.25) is 0 Å². The summed E-state index contributed by atoms with van der Waals surface area (Å²) in [6.45, 7) is 3.83. The van der Waals surface area contributed by atoms with Gasteiger partial charge in [0.25, 0.3) is 5.56 Å². The summed E-state index contributed by atoms with van der Waals surface area (Å²) in [7, 11) is 0. The number of rotatable bonds is 3. The SMILES string of the molecule is C/C(=N\Nc1nc(C)cc(=O)[nH]1)c1ccc2c(c1)OCO2. The fourth-order valence-electron chi connectivity index (χ4n) is 1.95. The van der Waals surface area contributed by atoms with Gasteiger partial charge in [-0.15, -0.1) is 0 Å². The molecule has 0 unspecified atom stereocenters. The number of hydrogen-bond donors (Lipinski definition) is 2. The zero-order chi connectivity index (χ0) is 14.8. The Bertz CT molecular complexity index is 767. The van der Waals surface area contributed by atoms with Gasteiger partial charge >= 0.3 is 0 Å². The van der Waals surface area contributed by atoms with E-state index < -0.39 is 0 Å². The molecule has 0 saturated carbocycles. The number of hydrazone groups is 1. The van der Waals surface area contributed by atoms with Crippen LogP contribution < -0.4 is 20.5 Å². The highest BCUT2D eigenvalue weighted by molar-refractivity contribution is 5.99. The Morgan fingerprint density at radius 1 is 1.33 bits per heavy atom. The molecule has 7 nitrogen and oxygen atoms in total. The Labute approximate surface area is 120 Å². The number of ether oxygens (including phenoxy) is 2. The highest BCUT2D eigenvalue weighted by atomic mass is 16.7. The van der Waals surface area contributed by atoms with Crippen molar-refractivity contribution in [1.82, 2.24) is 9.97 Å². The van der Waals surface area contributed by atoms with Crippen LogP contribution in [0.1, 0.15) is 18.2 Å². The van der Waals surface area contributed by atoms with Gasteiger partial charge in [0.2, 0.25) is 12.7 Å². The van der Waals surface area contributed by atoms with Gasteiger partial charge in [-0.2, -0.15) is 5.10 Å². The van der Waals surface area contributed by atoms with Gasteiger partial charge in [-0.1, -0.05) is 0 Å².